The summed E-state index contributed by atoms with van der Waals surface area (Å²) in [6, 6.07) is 5.35. The first kappa shape index (κ1) is 11.6. The molecule has 0 aromatic heterocycles. The molecule has 1 aromatic carbocycles. The fraction of sp³-hybridized carbons (Fsp3) is 0.400. The number of hydrogen-bond donors (Lipinski definition) is 2. The van der Waals surface area contributed by atoms with E-state index in [-0.39, 0.29) is 5.54 Å². The van der Waals surface area contributed by atoms with E-state index in [2.05, 4.69) is 5.32 Å². The highest BCUT2D eigenvalue weighted by molar-refractivity contribution is 6.35. The predicted octanol–water partition coefficient (Wildman–Crippen LogP) is 3.14. The van der Waals surface area contributed by atoms with Crippen molar-refractivity contribution < 1.29 is 0 Å². The maximum absolute atomic E-state index is 5.87. The molecule has 4 heteroatoms. The van der Waals surface area contributed by atoms with Crippen molar-refractivity contribution >= 4 is 28.9 Å². The Bertz CT molecular complexity index is 304. The Balaban J connectivity index is 2.87. The number of benzene rings is 1. The van der Waals surface area contributed by atoms with Gasteiger partial charge in [-0.2, -0.15) is 0 Å². The molecule has 0 unspecified atom stereocenters. The monoisotopic (exact) mass is 232 g/mol. The maximum Gasteiger partial charge on any atom is 0.0441 e. The number of nitrogens with two attached hydrogens (primary N) is 1. The summed E-state index contributed by atoms with van der Waals surface area (Å²) in [6.45, 7) is 4.57. The highest BCUT2D eigenvalue weighted by Crippen LogP contribution is 2.24. The molecular formula is C10H14Cl2N2. The second-order valence-electron chi connectivity index (χ2n) is 3.87. The number of anilines is 1. The van der Waals surface area contributed by atoms with E-state index in [0.29, 0.717) is 16.6 Å². The van der Waals surface area contributed by atoms with Gasteiger partial charge in [-0.05, 0) is 32.0 Å². The van der Waals surface area contributed by atoms with Crippen molar-refractivity contribution in [2.45, 2.75) is 19.4 Å². The lowest BCUT2D eigenvalue weighted by atomic mass is 10.1. The molecular weight excluding hydrogens is 219 g/mol. The maximum atomic E-state index is 5.87. The van der Waals surface area contributed by atoms with Crippen molar-refractivity contribution in [1.29, 1.82) is 0 Å². The van der Waals surface area contributed by atoms with E-state index in [1.165, 1.54) is 0 Å². The second kappa shape index (κ2) is 4.39. The van der Waals surface area contributed by atoms with Gasteiger partial charge in [-0.1, -0.05) is 23.2 Å². The predicted molar refractivity (Wildman–Crippen MR) is 63.2 cm³/mol. The van der Waals surface area contributed by atoms with Gasteiger partial charge < -0.3 is 11.1 Å². The summed E-state index contributed by atoms with van der Waals surface area (Å²) < 4.78 is 0. The molecule has 2 nitrogen and oxygen atoms in total. The number of nitrogens with one attached hydrogen (secondary N) is 1. The minimum atomic E-state index is -0.159. The van der Waals surface area contributed by atoms with Crippen molar-refractivity contribution in [3.63, 3.8) is 0 Å². The SMILES string of the molecule is CC(C)(CN)Nc1cc(Cl)cc(Cl)c1. The Hall–Kier alpha value is -0.440. The normalized spacial score (nSPS) is 11.5. The van der Waals surface area contributed by atoms with Crippen LogP contribution >= 0.6 is 23.2 Å². The van der Waals surface area contributed by atoms with E-state index in [9.17, 15) is 0 Å². The molecule has 0 radical (unpaired) electrons. The van der Waals surface area contributed by atoms with Gasteiger partial charge in [-0.25, -0.2) is 0 Å². The molecule has 0 aliphatic rings. The molecule has 0 bridgehead atoms. The van der Waals surface area contributed by atoms with Gasteiger partial charge in [-0.3, -0.25) is 0 Å². The largest absolute Gasteiger partial charge is 0.379 e. The van der Waals surface area contributed by atoms with E-state index in [1.807, 2.05) is 26.0 Å². The van der Waals surface area contributed by atoms with Gasteiger partial charge >= 0.3 is 0 Å². The van der Waals surface area contributed by atoms with Crippen LogP contribution in [-0.2, 0) is 0 Å². The van der Waals surface area contributed by atoms with Crippen LogP contribution in [0.2, 0.25) is 10.0 Å². The van der Waals surface area contributed by atoms with Crippen LogP contribution in [0.3, 0.4) is 0 Å². The molecule has 0 saturated heterocycles. The second-order valence-corrected chi connectivity index (χ2v) is 4.74. The number of rotatable bonds is 3. The highest BCUT2D eigenvalue weighted by atomic mass is 35.5. The molecule has 3 N–H and O–H groups in total. The quantitative estimate of drug-likeness (QED) is 0.841. The molecule has 0 aliphatic heterocycles. The lowest BCUT2D eigenvalue weighted by Gasteiger charge is -2.25. The van der Waals surface area contributed by atoms with Crippen LogP contribution in [0.25, 0.3) is 0 Å². The molecule has 0 aliphatic carbocycles. The van der Waals surface area contributed by atoms with Crippen LogP contribution in [0.5, 0.6) is 0 Å². The summed E-state index contributed by atoms with van der Waals surface area (Å²) in [7, 11) is 0. The third-order valence-corrected chi connectivity index (χ3v) is 2.29. The summed E-state index contributed by atoms with van der Waals surface area (Å²) in [5, 5.41) is 4.49. The van der Waals surface area contributed by atoms with Crippen molar-refractivity contribution in [1.82, 2.24) is 0 Å². The molecule has 1 aromatic rings. The molecule has 0 heterocycles. The molecule has 0 amide bonds. The van der Waals surface area contributed by atoms with Gasteiger partial charge in [0, 0.05) is 27.8 Å². The molecule has 0 spiro atoms. The van der Waals surface area contributed by atoms with Crippen molar-refractivity contribution in [2.24, 2.45) is 5.73 Å². The third kappa shape index (κ3) is 3.37. The zero-order chi connectivity index (χ0) is 10.8. The third-order valence-electron chi connectivity index (χ3n) is 1.86. The fourth-order valence-electron chi connectivity index (χ4n) is 1.07. The lowest BCUT2D eigenvalue weighted by Crippen LogP contribution is -2.39. The van der Waals surface area contributed by atoms with Gasteiger partial charge in [-0.15, -0.1) is 0 Å². The molecule has 1 rings (SSSR count). The van der Waals surface area contributed by atoms with Crippen molar-refractivity contribution in [3.8, 4) is 0 Å². The van der Waals surface area contributed by atoms with Gasteiger partial charge in [0.25, 0.3) is 0 Å². The van der Waals surface area contributed by atoms with E-state index >= 15 is 0 Å². The van der Waals surface area contributed by atoms with E-state index in [1.54, 1.807) is 6.07 Å². The first-order chi connectivity index (χ1) is 6.43. The smallest absolute Gasteiger partial charge is 0.0441 e. The lowest BCUT2D eigenvalue weighted by molar-refractivity contribution is 0.580. The molecule has 0 saturated carbocycles. The summed E-state index contributed by atoms with van der Waals surface area (Å²) in [6.07, 6.45) is 0. The average molecular weight is 233 g/mol. The van der Waals surface area contributed by atoms with Crippen LogP contribution in [0.1, 0.15) is 13.8 Å². The molecule has 0 atom stereocenters. The Morgan fingerprint density at radius 2 is 1.71 bits per heavy atom. The molecule has 78 valence electrons. The fourth-order valence-corrected chi connectivity index (χ4v) is 1.59. The highest BCUT2D eigenvalue weighted by Gasteiger charge is 2.14. The standard InChI is InChI=1S/C10H14Cl2N2/c1-10(2,6-13)14-9-4-7(11)3-8(12)5-9/h3-5,14H,6,13H2,1-2H3. The summed E-state index contributed by atoms with van der Waals surface area (Å²) in [4.78, 5) is 0. The number of hydrogen-bond acceptors (Lipinski definition) is 2. The summed E-state index contributed by atoms with van der Waals surface area (Å²) in [5.74, 6) is 0. The first-order valence-electron chi connectivity index (χ1n) is 4.37. The Morgan fingerprint density at radius 3 is 2.14 bits per heavy atom. The Morgan fingerprint density at radius 1 is 1.21 bits per heavy atom. The Kier molecular flexibility index (Phi) is 3.65. The van der Waals surface area contributed by atoms with E-state index < -0.39 is 0 Å². The van der Waals surface area contributed by atoms with Gasteiger partial charge in [0.05, 0.1) is 0 Å². The van der Waals surface area contributed by atoms with Crippen LogP contribution in [0.15, 0.2) is 18.2 Å². The molecule has 0 fully saturated rings. The van der Waals surface area contributed by atoms with Crippen molar-refractivity contribution in [2.75, 3.05) is 11.9 Å². The van der Waals surface area contributed by atoms with Crippen LogP contribution in [0.4, 0.5) is 5.69 Å². The van der Waals surface area contributed by atoms with Crippen LogP contribution in [-0.4, -0.2) is 12.1 Å². The van der Waals surface area contributed by atoms with Crippen LogP contribution in [0, 0.1) is 0 Å². The Labute approximate surface area is 94.4 Å². The van der Waals surface area contributed by atoms with Crippen LogP contribution < -0.4 is 11.1 Å². The van der Waals surface area contributed by atoms with E-state index in [0.717, 1.165) is 5.69 Å². The van der Waals surface area contributed by atoms with E-state index in [4.69, 9.17) is 28.9 Å². The minimum Gasteiger partial charge on any atom is -0.379 e. The summed E-state index contributed by atoms with van der Waals surface area (Å²) in [5.41, 5.74) is 6.33. The minimum absolute atomic E-state index is 0.159. The van der Waals surface area contributed by atoms with Gasteiger partial charge in [0.2, 0.25) is 0 Å². The average Bonchev–Trinajstić information content (AvgIpc) is 2.01. The van der Waals surface area contributed by atoms with Crippen molar-refractivity contribution in [3.05, 3.63) is 28.2 Å². The summed E-state index contributed by atoms with van der Waals surface area (Å²) >= 11 is 11.7. The zero-order valence-electron chi connectivity index (χ0n) is 8.27. The number of halogens is 2. The zero-order valence-corrected chi connectivity index (χ0v) is 9.78. The molecule has 14 heavy (non-hydrogen) atoms. The first-order valence-corrected chi connectivity index (χ1v) is 5.13. The van der Waals surface area contributed by atoms with Gasteiger partial charge in [0.15, 0.2) is 0 Å². The topological polar surface area (TPSA) is 38.0 Å². The van der Waals surface area contributed by atoms with Gasteiger partial charge in [0.1, 0.15) is 0 Å².